The number of imidazole rings is 1. The van der Waals surface area contributed by atoms with Crippen LogP contribution in [0.4, 0.5) is 10.1 Å². The van der Waals surface area contributed by atoms with Gasteiger partial charge in [0.1, 0.15) is 16.7 Å². The molecule has 1 amide bonds. The molecular weight excluding hydrogens is 501 g/mol. The van der Waals surface area contributed by atoms with Crippen molar-refractivity contribution >= 4 is 44.9 Å². The Bertz CT molecular complexity index is 1800. The number of benzene rings is 1. The average molecular weight is 526 g/mol. The summed E-state index contributed by atoms with van der Waals surface area (Å²) in [6, 6.07) is 8.91. The highest BCUT2D eigenvalue weighted by molar-refractivity contribution is 7.08. The lowest BCUT2D eigenvalue weighted by molar-refractivity contribution is -0.117. The second-order valence-corrected chi connectivity index (χ2v) is 11.1. The van der Waals surface area contributed by atoms with Crippen LogP contribution in [0, 0.1) is 11.2 Å². The number of hydrogen-bond donors (Lipinski definition) is 3. The number of nitrogens with one attached hydrogen (secondary N) is 3. The Labute approximate surface area is 221 Å². The molecule has 38 heavy (non-hydrogen) atoms. The summed E-state index contributed by atoms with van der Waals surface area (Å²) in [6.45, 7) is 6.01. The Balaban J connectivity index is 1.40. The van der Waals surface area contributed by atoms with Gasteiger partial charge in [-0.05, 0) is 46.7 Å². The summed E-state index contributed by atoms with van der Waals surface area (Å²) in [5.41, 5.74) is 5.77. The van der Waals surface area contributed by atoms with E-state index in [1.165, 1.54) is 6.07 Å². The van der Waals surface area contributed by atoms with Crippen molar-refractivity contribution in [2.45, 2.75) is 27.2 Å². The Hall–Kier alpha value is -4.44. The Morgan fingerprint density at radius 1 is 1.08 bits per heavy atom. The molecule has 5 heterocycles. The third kappa shape index (κ3) is 4.54. The largest absolute Gasteiger partial charge is 0.337 e. The van der Waals surface area contributed by atoms with Gasteiger partial charge in [0.2, 0.25) is 5.91 Å². The van der Waals surface area contributed by atoms with E-state index >= 15 is 4.39 Å². The SMILES string of the molecule is CC(C)(C)CC(=O)Nc1cncc(-c2cc(F)c3n[nH]c(-c4nc5c(-c6ccsc6)nccc5[nH]4)c3c2)c1. The molecule has 3 N–H and O–H groups in total. The van der Waals surface area contributed by atoms with Crippen LogP contribution in [0.5, 0.6) is 0 Å². The van der Waals surface area contributed by atoms with Gasteiger partial charge in [-0.1, -0.05) is 20.8 Å². The monoisotopic (exact) mass is 525 g/mol. The van der Waals surface area contributed by atoms with Gasteiger partial charge in [-0.15, -0.1) is 0 Å². The molecule has 10 heteroatoms. The van der Waals surface area contributed by atoms with E-state index < -0.39 is 5.82 Å². The van der Waals surface area contributed by atoms with Gasteiger partial charge in [0.15, 0.2) is 11.6 Å². The van der Waals surface area contributed by atoms with Crippen LogP contribution < -0.4 is 5.32 Å². The van der Waals surface area contributed by atoms with E-state index in [4.69, 9.17) is 4.98 Å². The van der Waals surface area contributed by atoms with Crippen molar-refractivity contribution in [3.05, 3.63) is 65.5 Å². The summed E-state index contributed by atoms with van der Waals surface area (Å²) >= 11 is 1.59. The Morgan fingerprint density at radius 2 is 1.95 bits per heavy atom. The first kappa shape index (κ1) is 23.9. The summed E-state index contributed by atoms with van der Waals surface area (Å²) in [6.07, 6.45) is 5.33. The molecule has 0 bridgehead atoms. The lowest BCUT2D eigenvalue weighted by Gasteiger charge is -2.17. The van der Waals surface area contributed by atoms with Gasteiger partial charge in [0.05, 0.1) is 23.1 Å². The van der Waals surface area contributed by atoms with Gasteiger partial charge in [-0.3, -0.25) is 19.9 Å². The Kier molecular flexibility index (Phi) is 5.76. The summed E-state index contributed by atoms with van der Waals surface area (Å²) in [5, 5.41) is 14.7. The van der Waals surface area contributed by atoms with Crippen molar-refractivity contribution < 1.29 is 9.18 Å². The van der Waals surface area contributed by atoms with Crippen molar-refractivity contribution in [3.8, 4) is 33.9 Å². The first-order valence-corrected chi connectivity index (χ1v) is 13.0. The topological polar surface area (TPSA) is 112 Å². The minimum atomic E-state index is -0.473. The van der Waals surface area contributed by atoms with Crippen molar-refractivity contribution in [1.82, 2.24) is 30.1 Å². The van der Waals surface area contributed by atoms with Crippen molar-refractivity contribution in [3.63, 3.8) is 0 Å². The Morgan fingerprint density at radius 3 is 2.74 bits per heavy atom. The fourth-order valence-electron chi connectivity index (χ4n) is 4.44. The van der Waals surface area contributed by atoms with E-state index in [9.17, 15) is 4.79 Å². The van der Waals surface area contributed by atoms with Crippen LogP contribution in [0.1, 0.15) is 27.2 Å². The number of rotatable bonds is 5. The molecule has 5 aromatic heterocycles. The van der Waals surface area contributed by atoms with Gasteiger partial charge in [0.25, 0.3) is 0 Å². The summed E-state index contributed by atoms with van der Waals surface area (Å²) in [5.74, 6) is -0.0415. The maximum absolute atomic E-state index is 15.2. The van der Waals surface area contributed by atoms with Crippen molar-refractivity contribution in [2.75, 3.05) is 5.32 Å². The van der Waals surface area contributed by atoms with Crippen molar-refractivity contribution in [2.24, 2.45) is 5.41 Å². The van der Waals surface area contributed by atoms with E-state index in [0.29, 0.717) is 40.1 Å². The van der Waals surface area contributed by atoms with Crippen LogP contribution >= 0.6 is 11.3 Å². The highest BCUT2D eigenvalue weighted by Crippen LogP contribution is 2.34. The number of amides is 1. The van der Waals surface area contributed by atoms with Crippen LogP contribution in [-0.4, -0.2) is 36.0 Å². The van der Waals surface area contributed by atoms with E-state index in [2.05, 4.69) is 30.5 Å². The standard InChI is InChI=1S/C28H24FN7OS/c1-28(2,3)11-22(37)32-18-8-17(12-30-13-18)16-9-19-24(20(29)10-16)35-36-25(19)27-33-21-4-6-31-23(26(21)34-27)15-5-7-38-14-15/h4-10,12-14H,11H2,1-3H3,(H,32,37)(H,33,34)(H,35,36). The molecule has 0 radical (unpaired) electrons. The number of halogens is 1. The molecule has 8 nitrogen and oxygen atoms in total. The number of thiophene rings is 1. The zero-order chi connectivity index (χ0) is 26.4. The number of anilines is 1. The number of carbonyl (C=O) groups is 1. The third-order valence-electron chi connectivity index (χ3n) is 6.09. The number of hydrogen-bond acceptors (Lipinski definition) is 6. The fourth-order valence-corrected chi connectivity index (χ4v) is 5.08. The normalized spacial score (nSPS) is 11.9. The van der Waals surface area contributed by atoms with Gasteiger partial charge >= 0.3 is 0 Å². The van der Waals surface area contributed by atoms with Gasteiger partial charge in [-0.25, -0.2) is 9.37 Å². The number of aromatic amines is 2. The highest BCUT2D eigenvalue weighted by atomic mass is 32.1. The average Bonchev–Trinajstić information content (AvgIpc) is 3.61. The molecule has 0 fully saturated rings. The second kappa shape index (κ2) is 9.14. The molecule has 0 aliphatic carbocycles. The van der Waals surface area contributed by atoms with Gasteiger partial charge < -0.3 is 10.3 Å². The smallest absolute Gasteiger partial charge is 0.224 e. The molecule has 190 valence electrons. The van der Waals surface area contributed by atoms with Crippen LogP contribution in [0.15, 0.2) is 59.7 Å². The van der Waals surface area contributed by atoms with E-state index in [-0.39, 0.29) is 16.8 Å². The number of H-pyrrole nitrogens is 2. The minimum absolute atomic E-state index is 0.101. The molecule has 1 aromatic carbocycles. The van der Waals surface area contributed by atoms with E-state index in [0.717, 1.165) is 22.3 Å². The predicted octanol–water partition coefficient (Wildman–Crippen LogP) is 6.81. The minimum Gasteiger partial charge on any atom is -0.337 e. The number of carbonyl (C=O) groups excluding carboxylic acids is 1. The molecule has 6 aromatic rings. The molecule has 0 atom stereocenters. The number of fused-ring (bicyclic) bond motifs is 2. The molecule has 0 unspecified atom stereocenters. The highest BCUT2D eigenvalue weighted by Gasteiger charge is 2.19. The lowest BCUT2D eigenvalue weighted by atomic mass is 9.92. The van der Waals surface area contributed by atoms with Gasteiger partial charge in [-0.2, -0.15) is 16.4 Å². The fraction of sp³-hybridized carbons (Fsp3) is 0.179. The number of nitrogens with zero attached hydrogens (tertiary/aromatic N) is 4. The zero-order valence-corrected chi connectivity index (χ0v) is 21.8. The molecule has 6 rings (SSSR count). The predicted molar refractivity (Wildman–Crippen MR) is 148 cm³/mol. The maximum atomic E-state index is 15.2. The van der Waals surface area contributed by atoms with Gasteiger partial charge in [0, 0.05) is 40.7 Å². The molecule has 0 aliphatic heterocycles. The van der Waals surface area contributed by atoms with Crippen LogP contribution in [0.3, 0.4) is 0 Å². The molecular formula is C28H24FN7OS. The molecule has 0 saturated carbocycles. The van der Waals surface area contributed by atoms with E-state index in [1.54, 1.807) is 36.0 Å². The first-order valence-electron chi connectivity index (χ1n) is 12.1. The second-order valence-electron chi connectivity index (χ2n) is 10.4. The molecule has 0 saturated heterocycles. The van der Waals surface area contributed by atoms with Crippen LogP contribution in [0.2, 0.25) is 0 Å². The third-order valence-corrected chi connectivity index (χ3v) is 6.77. The summed E-state index contributed by atoms with van der Waals surface area (Å²) in [7, 11) is 0. The molecule has 0 spiro atoms. The number of pyridine rings is 2. The molecule has 0 aliphatic rings. The number of aromatic nitrogens is 6. The maximum Gasteiger partial charge on any atom is 0.224 e. The summed E-state index contributed by atoms with van der Waals surface area (Å²) in [4.78, 5) is 29.3. The van der Waals surface area contributed by atoms with Crippen LogP contribution in [0.25, 0.3) is 55.8 Å². The van der Waals surface area contributed by atoms with Crippen molar-refractivity contribution in [1.29, 1.82) is 0 Å². The quantitative estimate of drug-likeness (QED) is 0.229. The van der Waals surface area contributed by atoms with E-state index in [1.807, 2.05) is 49.7 Å². The lowest BCUT2D eigenvalue weighted by Crippen LogP contribution is -2.19. The van der Waals surface area contributed by atoms with Crippen LogP contribution in [-0.2, 0) is 4.79 Å². The first-order chi connectivity index (χ1) is 18.2. The zero-order valence-electron chi connectivity index (χ0n) is 21.0. The summed E-state index contributed by atoms with van der Waals surface area (Å²) < 4.78 is 15.2.